The smallest absolute Gasteiger partial charge is 0.401 e. The van der Waals surface area contributed by atoms with Gasteiger partial charge in [0.2, 0.25) is 0 Å². The van der Waals surface area contributed by atoms with E-state index in [0.717, 1.165) is 0 Å². The molecule has 1 aromatic carbocycles. The summed E-state index contributed by atoms with van der Waals surface area (Å²) in [6, 6.07) is 4.28. The fourth-order valence-electron chi connectivity index (χ4n) is 1.61. The standard InChI is InChI=1S/C12H17F3N2O2/c1-18-9-3-8(4-10(5-9)19-2)11(6-16)17-7-12(13,14)15/h3-5,11,17H,6-7,16H2,1-2H3. The van der Waals surface area contributed by atoms with Crippen LogP contribution in [0.25, 0.3) is 0 Å². The van der Waals surface area contributed by atoms with Gasteiger partial charge < -0.3 is 20.5 Å². The van der Waals surface area contributed by atoms with Crippen molar-refractivity contribution in [3.8, 4) is 11.5 Å². The first-order valence-electron chi connectivity index (χ1n) is 5.62. The summed E-state index contributed by atoms with van der Waals surface area (Å²) in [5.74, 6) is 1.00. The first-order valence-corrected chi connectivity index (χ1v) is 5.62. The zero-order chi connectivity index (χ0) is 14.5. The van der Waals surface area contributed by atoms with Crippen molar-refractivity contribution in [2.24, 2.45) is 5.73 Å². The molecule has 0 amide bonds. The average molecular weight is 278 g/mol. The molecule has 0 fully saturated rings. The second-order valence-electron chi connectivity index (χ2n) is 3.93. The fraction of sp³-hybridized carbons (Fsp3) is 0.500. The third-order valence-electron chi connectivity index (χ3n) is 2.56. The van der Waals surface area contributed by atoms with Gasteiger partial charge in [0, 0.05) is 18.7 Å². The molecule has 19 heavy (non-hydrogen) atoms. The molecule has 0 aliphatic rings. The molecular weight excluding hydrogens is 261 g/mol. The Balaban J connectivity index is 2.90. The SMILES string of the molecule is COc1cc(OC)cc(C(CN)NCC(F)(F)F)c1. The summed E-state index contributed by atoms with van der Waals surface area (Å²) in [6.07, 6.45) is -4.28. The van der Waals surface area contributed by atoms with Crippen LogP contribution in [0.1, 0.15) is 11.6 Å². The Morgan fingerprint density at radius 2 is 1.68 bits per heavy atom. The Bertz CT molecular complexity index is 388. The Kier molecular flexibility index (Phi) is 5.44. The molecule has 0 bridgehead atoms. The van der Waals surface area contributed by atoms with Gasteiger partial charge in [0.15, 0.2) is 0 Å². The van der Waals surface area contributed by atoms with E-state index >= 15 is 0 Å². The van der Waals surface area contributed by atoms with E-state index in [9.17, 15) is 13.2 Å². The van der Waals surface area contributed by atoms with Crippen molar-refractivity contribution in [3.05, 3.63) is 23.8 Å². The van der Waals surface area contributed by atoms with Gasteiger partial charge in [0.1, 0.15) is 11.5 Å². The average Bonchev–Trinajstić information content (AvgIpc) is 2.37. The first kappa shape index (κ1) is 15.6. The molecule has 4 nitrogen and oxygen atoms in total. The molecule has 0 aliphatic carbocycles. The van der Waals surface area contributed by atoms with Crippen molar-refractivity contribution in [1.29, 1.82) is 0 Å². The number of benzene rings is 1. The highest BCUT2D eigenvalue weighted by atomic mass is 19.4. The van der Waals surface area contributed by atoms with Crippen molar-refractivity contribution < 1.29 is 22.6 Å². The summed E-state index contributed by atoms with van der Waals surface area (Å²) in [5, 5.41) is 2.37. The van der Waals surface area contributed by atoms with Gasteiger partial charge in [-0.2, -0.15) is 13.2 Å². The van der Waals surface area contributed by atoms with E-state index in [4.69, 9.17) is 15.2 Å². The van der Waals surface area contributed by atoms with Crippen molar-refractivity contribution in [2.75, 3.05) is 27.3 Å². The molecule has 0 heterocycles. The zero-order valence-corrected chi connectivity index (χ0v) is 10.8. The predicted molar refractivity (Wildman–Crippen MR) is 65.4 cm³/mol. The summed E-state index contributed by atoms with van der Waals surface area (Å²) in [7, 11) is 2.94. The molecule has 108 valence electrons. The van der Waals surface area contributed by atoms with Crippen LogP contribution < -0.4 is 20.5 Å². The van der Waals surface area contributed by atoms with Gasteiger partial charge in [-0.3, -0.25) is 0 Å². The summed E-state index contributed by atoms with van der Waals surface area (Å²) in [4.78, 5) is 0. The van der Waals surface area contributed by atoms with Crippen LogP contribution >= 0.6 is 0 Å². The van der Waals surface area contributed by atoms with Gasteiger partial charge >= 0.3 is 6.18 Å². The van der Waals surface area contributed by atoms with E-state index in [2.05, 4.69) is 5.32 Å². The summed E-state index contributed by atoms with van der Waals surface area (Å²) in [5.41, 5.74) is 6.09. The molecule has 0 aliphatic heterocycles. The Hall–Kier alpha value is -1.47. The normalized spacial score (nSPS) is 13.2. The molecule has 3 N–H and O–H groups in total. The highest BCUT2D eigenvalue weighted by Gasteiger charge is 2.28. The lowest BCUT2D eigenvalue weighted by Crippen LogP contribution is -2.35. The Morgan fingerprint density at radius 3 is 2.05 bits per heavy atom. The number of ether oxygens (including phenoxy) is 2. The zero-order valence-electron chi connectivity index (χ0n) is 10.8. The van der Waals surface area contributed by atoms with E-state index in [1.165, 1.54) is 14.2 Å². The number of alkyl halides is 3. The van der Waals surface area contributed by atoms with Gasteiger partial charge in [0.25, 0.3) is 0 Å². The Morgan fingerprint density at radius 1 is 1.16 bits per heavy atom. The van der Waals surface area contributed by atoms with Crippen LogP contribution in [0.15, 0.2) is 18.2 Å². The largest absolute Gasteiger partial charge is 0.497 e. The molecule has 0 spiro atoms. The second-order valence-corrected chi connectivity index (χ2v) is 3.93. The third kappa shape index (κ3) is 4.96. The molecule has 7 heteroatoms. The van der Waals surface area contributed by atoms with Gasteiger partial charge in [-0.15, -0.1) is 0 Å². The number of nitrogens with two attached hydrogens (primary N) is 1. The molecule has 1 aromatic rings. The quantitative estimate of drug-likeness (QED) is 0.834. The maximum atomic E-state index is 12.2. The summed E-state index contributed by atoms with van der Waals surface area (Å²) < 4.78 is 46.8. The maximum absolute atomic E-state index is 12.2. The summed E-state index contributed by atoms with van der Waals surface area (Å²) in [6.45, 7) is -1.07. The number of nitrogens with one attached hydrogen (secondary N) is 1. The van der Waals surface area contributed by atoms with Crippen LogP contribution in [0, 0.1) is 0 Å². The van der Waals surface area contributed by atoms with E-state index in [1.54, 1.807) is 18.2 Å². The van der Waals surface area contributed by atoms with E-state index in [1.807, 2.05) is 0 Å². The lowest BCUT2D eigenvalue weighted by molar-refractivity contribution is -0.126. The Labute approximate surface area is 109 Å². The minimum Gasteiger partial charge on any atom is -0.497 e. The maximum Gasteiger partial charge on any atom is 0.401 e. The lowest BCUT2D eigenvalue weighted by Gasteiger charge is -2.19. The third-order valence-corrected chi connectivity index (χ3v) is 2.56. The molecule has 1 atom stereocenters. The monoisotopic (exact) mass is 278 g/mol. The van der Waals surface area contributed by atoms with Gasteiger partial charge in [-0.1, -0.05) is 0 Å². The van der Waals surface area contributed by atoms with Crippen LogP contribution in [0.3, 0.4) is 0 Å². The topological polar surface area (TPSA) is 56.5 Å². The number of rotatable bonds is 6. The molecule has 0 saturated heterocycles. The van der Waals surface area contributed by atoms with E-state index < -0.39 is 18.8 Å². The van der Waals surface area contributed by atoms with Crippen LogP contribution in [0.5, 0.6) is 11.5 Å². The predicted octanol–water partition coefficient (Wildman–Crippen LogP) is 1.86. The van der Waals surface area contributed by atoms with Crippen molar-refractivity contribution in [1.82, 2.24) is 5.32 Å². The number of halogens is 3. The number of methoxy groups -OCH3 is 2. The van der Waals surface area contributed by atoms with Crippen molar-refractivity contribution in [2.45, 2.75) is 12.2 Å². The summed E-state index contributed by atoms with van der Waals surface area (Å²) >= 11 is 0. The highest BCUT2D eigenvalue weighted by molar-refractivity contribution is 5.40. The van der Waals surface area contributed by atoms with Crippen LogP contribution in [0.2, 0.25) is 0 Å². The van der Waals surface area contributed by atoms with Gasteiger partial charge in [-0.25, -0.2) is 0 Å². The first-order chi connectivity index (χ1) is 8.89. The van der Waals surface area contributed by atoms with Crippen molar-refractivity contribution in [3.63, 3.8) is 0 Å². The van der Waals surface area contributed by atoms with E-state index in [0.29, 0.717) is 17.1 Å². The second kappa shape index (κ2) is 6.63. The van der Waals surface area contributed by atoms with Crippen molar-refractivity contribution >= 4 is 0 Å². The van der Waals surface area contributed by atoms with Gasteiger partial charge in [-0.05, 0) is 17.7 Å². The fourth-order valence-corrected chi connectivity index (χ4v) is 1.61. The van der Waals surface area contributed by atoms with E-state index in [-0.39, 0.29) is 6.54 Å². The molecule has 0 radical (unpaired) electrons. The number of hydrogen-bond donors (Lipinski definition) is 2. The molecule has 0 saturated carbocycles. The van der Waals surface area contributed by atoms with Gasteiger partial charge in [0.05, 0.1) is 20.8 Å². The molecule has 0 aromatic heterocycles. The number of hydrogen-bond acceptors (Lipinski definition) is 4. The lowest BCUT2D eigenvalue weighted by atomic mass is 10.1. The minimum atomic E-state index is -4.28. The minimum absolute atomic E-state index is 0.0341. The van der Waals surface area contributed by atoms with Crippen LogP contribution in [0.4, 0.5) is 13.2 Å². The molecule has 1 unspecified atom stereocenters. The molecule has 1 rings (SSSR count). The van der Waals surface area contributed by atoms with Crippen LogP contribution in [-0.4, -0.2) is 33.5 Å². The molecular formula is C12H17F3N2O2. The highest BCUT2D eigenvalue weighted by Crippen LogP contribution is 2.26. The van der Waals surface area contributed by atoms with Crippen LogP contribution in [-0.2, 0) is 0 Å².